The van der Waals surface area contributed by atoms with Gasteiger partial charge in [0.1, 0.15) is 0 Å². The number of aromatic nitrogens is 3. The molecular weight excluding hydrogens is 349 g/mol. The highest BCUT2D eigenvalue weighted by atomic mass is 79.9. The number of hydrogen-bond acceptors (Lipinski definition) is 5. The van der Waals surface area contributed by atoms with E-state index in [0.717, 1.165) is 25.1 Å². The molecule has 116 valence electrons. The number of hydrogen-bond donors (Lipinski definition) is 1. The number of nitrogens with zero attached hydrogens (tertiary/aromatic N) is 4. The summed E-state index contributed by atoms with van der Waals surface area (Å²) in [6.07, 6.45) is 5.34. The summed E-state index contributed by atoms with van der Waals surface area (Å²) in [5.74, 6) is 0.720. The lowest BCUT2D eigenvalue weighted by Crippen LogP contribution is -2.43. The second kappa shape index (κ2) is 6.56. The number of rotatable bonds is 3. The van der Waals surface area contributed by atoms with E-state index in [9.17, 15) is 4.39 Å². The second-order valence-corrected chi connectivity index (χ2v) is 6.33. The number of pyridine rings is 1. The zero-order valence-corrected chi connectivity index (χ0v) is 13.8. The van der Waals surface area contributed by atoms with E-state index in [1.54, 1.807) is 12.4 Å². The minimum atomic E-state index is -0.304. The van der Waals surface area contributed by atoms with Crippen LogP contribution in [0.25, 0.3) is 0 Å². The van der Waals surface area contributed by atoms with Gasteiger partial charge in [-0.15, -0.1) is 0 Å². The van der Waals surface area contributed by atoms with E-state index in [1.807, 2.05) is 17.9 Å². The Balaban J connectivity index is 1.71. The molecule has 0 aromatic carbocycles. The van der Waals surface area contributed by atoms with Crippen LogP contribution in [0.5, 0.6) is 0 Å². The van der Waals surface area contributed by atoms with Gasteiger partial charge in [0.25, 0.3) is 0 Å². The lowest BCUT2D eigenvalue weighted by molar-refractivity contribution is 0.511. The van der Waals surface area contributed by atoms with Gasteiger partial charge in [-0.3, -0.25) is 0 Å². The molecule has 1 atom stereocenters. The van der Waals surface area contributed by atoms with Gasteiger partial charge in [-0.05, 0) is 47.8 Å². The Hall–Kier alpha value is -1.76. The molecule has 1 N–H and O–H groups in total. The van der Waals surface area contributed by atoms with Crippen LogP contribution in [0.1, 0.15) is 18.5 Å². The van der Waals surface area contributed by atoms with E-state index in [1.165, 1.54) is 6.07 Å². The van der Waals surface area contributed by atoms with Crippen LogP contribution in [0.4, 0.5) is 16.2 Å². The summed E-state index contributed by atoms with van der Waals surface area (Å²) in [6, 6.07) is 3.49. The predicted octanol–water partition coefficient (Wildman–Crippen LogP) is 3.16. The molecule has 2 aromatic rings. The Morgan fingerprint density at radius 1 is 1.41 bits per heavy atom. The van der Waals surface area contributed by atoms with Crippen molar-refractivity contribution in [3.05, 3.63) is 40.5 Å². The van der Waals surface area contributed by atoms with E-state index in [0.29, 0.717) is 22.8 Å². The van der Waals surface area contributed by atoms with Crippen molar-refractivity contribution in [3.8, 4) is 0 Å². The number of aryl methyl sites for hydroxylation is 1. The first kappa shape index (κ1) is 15.1. The summed E-state index contributed by atoms with van der Waals surface area (Å²) in [7, 11) is 0. The smallest absolute Gasteiger partial charge is 0.223 e. The molecule has 0 amide bonds. The van der Waals surface area contributed by atoms with Crippen LogP contribution < -0.4 is 10.2 Å². The maximum Gasteiger partial charge on any atom is 0.223 e. The SMILES string of the molecule is Cc1ccnc(NC2CCCN(c3ncc(Br)cc3F)C2)n1. The number of anilines is 2. The van der Waals surface area contributed by atoms with Crippen molar-refractivity contribution < 1.29 is 4.39 Å². The zero-order chi connectivity index (χ0) is 15.5. The van der Waals surface area contributed by atoms with Crippen molar-refractivity contribution in [2.45, 2.75) is 25.8 Å². The quantitative estimate of drug-likeness (QED) is 0.905. The highest BCUT2D eigenvalue weighted by molar-refractivity contribution is 9.10. The Morgan fingerprint density at radius 2 is 2.27 bits per heavy atom. The molecular formula is C15H17BrFN5. The van der Waals surface area contributed by atoms with E-state index in [2.05, 4.69) is 36.2 Å². The van der Waals surface area contributed by atoms with Gasteiger partial charge in [0.05, 0.1) is 0 Å². The molecule has 1 saturated heterocycles. The molecule has 1 fully saturated rings. The van der Waals surface area contributed by atoms with E-state index >= 15 is 0 Å². The average Bonchev–Trinajstić information content (AvgIpc) is 2.47. The van der Waals surface area contributed by atoms with Crippen LogP contribution in [0.2, 0.25) is 0 Å². The summed E-state index contributed by atoms with van der Waals surface area (Å²) >= 11 is 3.23. The summed E-state index contributed by atoms with van der Waals surface area (Å²) in [6.45, 7) is 3.42. The maximum atomic E-state index is 14.1. The Morgan fingerprint density at radius 3 is 3.05 bits per heavy atom. The number of piperidine rings is 1. The molecule has 0 bridgehead atoms. The Kier molecular flexibility index (Phi) is 4.52. The number of nitrogens with one attached hydrogen (secondary N) is 1. The van der Waals surface area contributed by atoms with E-state index in [4.69, 9.17) is 0 Å². The minimum Gasteiger partial charge on any atom is -0.352 e. The first-order valence-electron chi connectivity index (χ1n) is 7.24. The fourth-order valence-corrected chi connectivity index (χ4v) is 2.93. The predicted molar refractivity (Wildman–Crippen MR) is 87.5 cm³/mol. The summed E-state index contributed by atoms with van der Waals surface area (Å²) in [5.41, 5.74) is 0.922. The molecule has 0 radical (unpaired) electrons. The summed E-state index contributed by atoms with van der Waals surface area (Å²) in [4.78, 5) is 14.8. The molecule has 3 rings (SSSR count). The van der Waals surface area contributed by atoms with Crippen LogP contribution in [0, 0.1) is 12.7 Å². The van der Waals surface area contributed by atoms with Crippen LogP contribution in [-0.2, 0) is 0 Å². The topological polar surface area (TPSA) is 53.9 Å². The Bertz CT molecular complexity index is 666. The highest BCUT2D eigenvalue weighted by Gasteiger charge is 2.23. The van der Waals surface area contributed by atoms with Gasteiger partial charge < -0.3 is 10.2 Å². The summed E-state index contributed by atoms with van der Waals surface area (Å²) < 4.78 is 14.7. The average molecular weight is 366 g/mol. The molecule has 1 unspecified atom stereocenters. The van der Waals surface area contributed by atoms with Gasteiger partial charge in [0.2, 0.25) is 5.95 Å². The molecule has 5 nitrogen and oxygen atoms in total. The zero-order valence-electron chi connectivity index (χ0n) is 12.3. The van der Waals surface area contributed by atoms with Crippen LogP contribution >= 0.6 is 15.9 Å². The van der Waals surface area contributed by atoms with Crippen molar-refractivity contribution >= 4 is 27.7 Å². The van der Waals surface area contributed by atoms with E-state index in [-0.39, 0.29) is 11.9 Å². The lowest BCUT2D eigenvalue weighted by atomic mass is 10.1. The minimum absolute atomic E-state index is 0.181. The molecule has 2 aromatic heterocycles. The van der Waals surface area contributed by atoms with Crippen LogP contribution in [-0.4, -0.2) is 34.1 Å². The van der Waals surface area contributed by atoms with Gasteiger partial charge in [-0.2, -0.15) is 0 Å². The monoisotopic (exact) mass is 365 g/mol. The fraction of sp³-hybridized carbons (Fsp3) is 0.400. The second-order valence-electron chi connectivity index (χ2n) is 5.41. The lowest BCUT2D eigenvalue weighted by Gasteiger charge is -2.34. The van der Waals surface area contributed by atoms with Crippen molar-refractivity contribution in [1.29, 1.82) is 0 Å². The molecule has 0 aliphatic carbocycles. The molecule has 1 aliphatic heterocycles. The van der Waals surface area contributed by atoms with Gasteiger partial charge in [-0.25, -0.2) is 19.3 Å². The first-order valence-corrected chi connectivity index (χ1v) is 8.03. The van der Waals surface area contributed by atoms with E-state index < -0.39 is 0 Å². The van der Waals surface area contributed by atoms with Gasteiger partial charge >= 0.3 is 0 Å². The van der Waals surface area contributed by atoms with Crippen molar-refractivity contribution in [3.63, 3.8) is 0 Å². The van der Waals surface area contributed by atoms with Crippen molar-refractivity contribution in [2.24, 2.45) is 0 Å². The van der Waals surface area contributed by atoms with Gasteiger partial charge in [0, 0.05) is 41.7 Å². The third kappa shape index (κ3) is 3.52. The third-order valence-corrected chi connectivity index (χ3v) is 4.07. The molecule has 0 spiro atoms. The van der Waals surface area contributed by atoms with Crippen molar-refractivity contribution in [2.75, 3.05) is 23.3 Å². The first-order chi connectivity index (χ1) is 10.6. The Labute approximate surface area is 137 Å². The third-order valence-electron chi connectivity index (χ3n) is 3.64. The largest absolute Gasteiger partial charge is 0.352 e. The van der Waals surface area contributed by atoms with Gasteiger partial charge in [0.15, 0.2) is 11.6 Å². The molecule has 3 heterocycles. The molecule has 0 saturated carbocycles. The van der Waals surface area contributed by atoms with Crippen LogP contribution in [0.3, 0.4) is 0 Å². The standard InChI is InChI=1S/C15H17BrFN5/c1-10-4-5-18-15(20-10)21-12-3-2-6-22(9-12)14-13(17)7-11(16)8-19-14/h4-5,7-8,12H,2-3,6,9H2,1H3,(H,18,20,21). The molecule has 22 heavy (non-hydrogen) atoms. The summed E-state index contributed by atoms with van der Waals surface area (Å²) in [5, 5.41) is 3.33. The molecule has 1 aliphatic rings. The van der Waals surface area contributed by atoms with Gasteiger partial charge in [-0.1, -0.05) is 0 Å². The van der Waals surface area contributed by atoms with Crippen molar-refractivity contribution in [1.82, 2.24) is 15.0 Å². The molecule has 7 heteroatoms. The number of halogens is 2. The fourth-order valence-electron chi connectivity index (χ4n) is 2.63. The van der Waals surface area contributed by atoms with Crippen LogP contribution in [0.15, 0.2) is 29.0 Å². The highest BCUT2D eigenvalue weighted by Crippen LogP contribution is 2.24. The maximum absolute atomic E-state index is 14.1. The normalized spacial score (nSPS) is 18.3.